The first-order valence-electron chi connectivity index (χ1n) is 2.84. The SMILES string of the molecule is Fc1csc(-c2nn[nH]n2)c1. The number of nitrogens with zero attached hydrogens (tertiary/aromatic N) is 3. The molecule has 0 saturated carbocycles. The zero-order valence-corrected chi connectivity index (χ0v) is 6.10. The second-order valence-electron chi connectivity index (χ2n) is 1.86. The summed E-state index contributed by atoms with van der Waals surface area (Å²) >= 11 is 1.25. The van der Waals surface area contributed by atoms with Gasteiger partial charge in [-0.2, -0.15) is 5.21 Å². The van der Waals surface area contributed by atoms with Crippen LogP contribution in [0.2, 0.25) is 0 Å². The Balaban J connectivity index is 2.45. The van der Waals surface area contributed by atoms with Gasteiger partial charge in [0.05, 0.1) is 4.88 Å². The van der Waals surface area contributed by atoms with Crippen LogP contribution in [0.5, 0.6) is 0 Å². The van der Waals surface area contributed by atoms with E-state index in [1.54, 1.807) is 0 Å². The molecular weight excluding hydrogens is 167 g/mol. The van der Waals surface area contributed by atoms with E-state index in [0.29, 0.717) is 10.7 Å². The lowest BCUT2D eigenvalue weighted by Gasteiger charge is -1.79. The fourth-order valence-electron chi connectivity index (χ4n) is 0.696. The Morgan fingerprint density at radius 2 is 2.45 bits per heavy atom. The number of aromatic amines is 1. The second kappa shape index (κ2) is 2.39. The third kappa shape index (κ3) is 1.12. The van der Waals surface area contributed by atoms with Crippen molar-refractivity contribution in [2.75, 3.05) is 0 Å². The Morgan fingerprint density at radius 3 is 3.00 bits per heavy atom. The molecule has 2 heterocycles. The van der Waals surface area contributed by atoms with Crippen LogP contribution in [-0.2, 0) is 0 Å². The van der Waals surface area contributed by atoms with Gasteiger partial charge < -0.3 is 0 Å². The largest absolute Gasteiger partial charge is 0.214 e. The molecule has 2 aromatic heterocycles. The second-order valence-corrected chi connectivity index (χ2v) is 2.78. The van der Waals surface area contributed by atoms with Crippen LogP contribution in [0.1, 0.15) is 0 Å². The third-order valence-electron chi connectivity index (χ3n) is 1.13. The van der Waals surface area contributed by atoms with Gasteiger partial charge in [-0.05, 0) is 11.3 Å². The zero-order valence-electron chi connectivity index (χ0n) is 5.28. The van der Waals surface area contributed by atoms with E-state index in [2.05, 4.69) is 20.6 Å². The third-order valence-corrected chi connectivity index (χ3v) is 2.03. The first-order chi connectivity index (χ1) is 5.36. The van der Waals surface area contributed by atoms with Crippen molar-refractivity contribution in [1.82, 2.24) is 20.6 Å². The van der Waals surface area contributed by atoms with Crippen LogP contribution in [0, 0.1) is 5.82 Å². The van der Waals surface area contributed by atoms with Crippen molar-refractivity contribution in [2.45, 2.75) is 0 Å². The first kappa shape index (κ1) is 6.41. The predicted molar refractivity (Wildman–Crippen MR) is 37.4 cm³/mol. The minimum Gasteiger partial charge on any atom is -0.206 e. The molecular formula is C5H3FN4S. The topological polar surface area (TPSA) is 54.5 Å². The number of hydrogen-bond donors (Lipinski definition) is 1. The number of thiophene rings is 1. The Hall–Kier alpha value is -1.30. The molecule has 0 aliphatic rings. The molecule has 0 spiro atoms. The van der Waals surface area contributed by atoms with Crippen molar-refractivity contribution in [3.63, 3.8) is 0 Å². The average Bonchev–Trinajstić information content (AvgIpc) is 2.55. The van der Waals surface area contributed by atoms with E-state index in [4.69, 9.17) is 0 Å². The first-order valence-corrected chi connectivity index (χ1v) is 3.72. The van der Waals surface area contributed by atoms with E-state index in [0.717, 1.165) is 0 Å². The summed E-state index contributed by atoms with van der Waals surface area (Å²) in [7, 11) is 0. The van der Waals surface area contributed by atoms with Crippen LogP contribution in [0.3, 0.4) is 0 Å². The molecule has 6 heteroatoms. The zero-order chi connectivity index (χ0) is 7.68. The molecule has 0 saturated heterocycles. The van der Waals surface area contributed by atoms with Crippen molar-refractivity contribution >= 4 is 11.3 Å². The average molecular weight is 170 g/mol. The molecule has 56 valence electrons. The van der Waals surface area contributed by atoms with Gasteiger partial charge in [-0.1, -0.05) is 0 Å². The lowest BCUT2D eigenvalue weighted by molar-refractivity contribution is 0.633. The van der Waals surface area contributed by atoms with Crippen molar-refractivity contribution in [2.24, 2.45) is 0 Å². The van der Waals surface area contributed by atoms with Gasteiger partial charge in [0.15, 0.2) is 0 Å². The lowest BCUT2D eigenvalue weighted by Crippen LogP contribution is -1.73. The summed E-state index contributed by atoms with van der Waals surface area (Å²) in [5.74, 6) is 0.161. The molecule has 0 radical (unpaired) electrons. The number of rotatable bonds is 1. The smallest absolute Gasteiger partial charge is 0.206 e. The van der Waals surface area contributed by atoms with Gasteiger partial charge >= 0.3 is 0 Å². The highest BCUT2D eigenvalue weighted by atomic mass is 32.1. The molecule has 0 bridgehead atoms. The number of halogens is 1. The number of hydrogen-bond acceptors (Lipinski definition) is 4. The summed E-state index contributed by atoms with van der Waals surface area (Å²) in [4.78, 5) is 0.677. The number of tetrazole rings is 1. The maximum absolute atomic E-state index is 12.4. The van der Waals surface area contributed by atoms with E-state index < -0.39 is 0 Å². The Morgan fingerprint density at radius 1 is 1.55 bits per heavy atom. The summed E-state index contributed by atoms with van der Waals surface area (Å²) in [6, 6.07) is 1.37. The minimum atomic E-state index is -0.269. The highest BCUT2D eigenvalue weighted by molar-refractivity contribution is 7.13. The molecule has 4 nitrogen and oxygen atoms in total. The molecule has 2 rings (SSSR count). The summed E-state index contributed by atoms with van der Waals surface area (Å²) in [6.45, 7) is 0. The molecule has 0 unspecified atom stereocenters. The molecule has 0 atom stereocenters. The molecule has 1 N–H and O–H groups in total. The maximum Gasteiger partial charge on any atom is 0.214 e. The van der Waals surface area contributed by atoms with Crippen molar-refractivity contribution in [3.05, 3.63) is 17.3 Å². The van der Waals surface area contributed by atoms with Crippen LogP contribution in [0.4, 0.5) is 4.39 Å². The predicted octanol–water partition coefficient (Wildman–Crippen LogP) is 1.07. The van der Waals surface area contributed by atoms with E-state index >= 15 is 0 Å². The van der Waals surface area contributed by atoms with Crippen LogP contribution in [-0.4, -0.2) is 20.6 Å². The fourth-order valence-corrected chi connectivity index (χ4v) is 1.38. The van der Waals surface area contributed by atoms with E-state index in [9.17, 15) is 4.39 Å². The van der Waals surface area contributed by atoms with Crippen LogP contribution in [0.15, 0.2) is 11.4 Å². The van der Waals surface area contributed by atoms with Gasteiger partial charge in [0.1, 0.15) is 5.82 Å². The number of H-pyrrole nitrogens is 1. The monoisotopic (exact) mass is 170 g/mol. The molecule has 0 aliphatic heterocycles. The van der Waals surface area contributed by atoms with Crippen LogP contribution >= 0.6 is 11.3 Å². The molecule has 0 amide bonds. The maximum atomic E-state index is 12.4. The van der Waals surface area contributed by atoms with Gasteiger partial charge in [0.2, 0.25) is 5.82 Å². The van der Waals surface area contributed by atoms with E-state index in [-0.39, 0.29) is 5.82 Å². The molecule has 0 aliphatic carbocycles. The molecule has 11 heavy (non-hydrogen) atoms. The van der Waals surface area contributed by atoms with E-state index in [1.165, 1.54) is 22.8 Å². The molecule has 2 aromatic rings. The van der Waals surface area contributed by atoms with Crippen molar-refractivity contribution < 1.29 is 4.39 Å². The normalized spacial score (nSPS) is 10.3. The van der Waals surface area contributed by atoms with Crippen molar-refractivity contribution in [3.8, 4) is 10.7 Å². The van der Waals surface area contributed by atoms with Gasteiger partial charge in [0, 0.05) is 5.38 Å². The van der Waals surface area contributed by atoms with Crippen LogP contribution < -0.4 is 0 Å². The molecule has 0 aromatic carbocycles. The van der Waals surface area contributed by atoms with Crippen LogP contribution in [0.25, 0.3) is 10.7 Å². The summed E-state index contributed by atoms with van der Waals surface area (Å²) in [5, 5.41) is 14.4. The van der Waals surface area contributed by atoms with E-state index in [1.807, 2.05) is 0 Å². The summed E-state index contributed by atoms with van der Waals surface area (Å²) < 4.78 is 12.4. The van der Waals surface area contributed by atoms with Crippen molar-refractivity contribution in [1.29, 1.82) is 0 Å². The Kier molecular flexibility index (Phi) is 1.39. The molecule has 0 fully saturated rings. The fraction of sp³-hybridized carbons (Fsp3) is 0. The number of nitrogens with one attached hydrogen (secondary N) is 1. The lowest BCUT2D eigenvalue weighted by atomic mass is 10.4. The number of aromatic nitrogens is 4. The quantitative estimate of drug-likeness (QED) is 0.696. The highest BCUT2D eigenvalue weighted by Crippen LogP contribution is 2.21. The van der Waals surface area contributed by atoms with Gasteiger partial charge in [-0.3, -0.25) is 0 Å². The van der Waals surface area contributed by atoms with Gasteiger partial charge in [-0.15, -0.1) is 21.5 Å². The summed E-state index contributed by atoms with van der Waals surface area (Å²) in [5.41, 5.74) is 0. The summed E-state index contributed by atoms with van der Waals surface area (Å²) in [6.07, 6.45) is 0. The highest BCUT2D eigenvalue weighted by Gasteiger charge is 2.05. The van der Waals surface area contributed by atoms with Gasteiger partial charge in [-0.25, -0.2) is 4.39 Å². The van der Waals surface area contributed by atoms with Gasteiger partial charge in [0.25, 0.3) is 0 Å². The Bertz CT molecular complexity index is 341. The minimum absolute atomic E-state index is 0.269. The standard InChI is InChI=1S/C5H3FN4S/c6-3-1-4(11-2-3)5-7-9-10-8-5/h1-2H,(H,7,8,9,10). The Labute approximate surface area is 65.1 Å².